The van der Waals surface area contributed by atoms with Crippen LogP contribution in [0.5, 0.6) is 5.75 Å². The Morgan fingerprint density at radius 3 is 2.68 bits per heavy atom. The first-order chi connectivity index (χ1) is 10.7. The smallest absolute Gasteiger partial charge is 0.147 e. The minimum atomic E-state index is 0.499. The summed E-state index contributed by atoms with van der Waals surface area (Å²) in [5, 5.41) is 0. The van der Waals surface area contributed by atoms with Crippen LogP contribution in [-0.4, -0.2) is 9.55 Å². The van der Waals surface area contributed by atoms with Crippen LogP contribution in [0.15, 0.2) is 42.5 Å². The van der Waals surface area contributed by atoms with E-state index in [0.717, 1.165) is 30.1 Å². The molecule has 0 aliphatic rings. The zero-order chi connectivity index (χ0) is 15.5. The Morgan fingerprint density at radius 2 is 1.86 bits per heavy atom. The van der Waals surface area contributed by atoms with Crippen molar-refractivity contribution in [1.82, 2.24) is 9.55 Å². The molecule has 0 aliphatic carbocycles. The molecule has 1 heterocycles. The molecule has 3 rings (SSSR count). The molecule has 0 bridgehead atoms. The molecule has 0 spiro atoms. The number of imidazole rings is 1. The predicted octanol–water partition coefficient (Wildman–Crippen LogP) is 4.64. The number of aryl methyl sites for hydroxylation is 2. The van der Waals surface area contributed by atoms with Crippen molar-refractivity contribution in [3.05, 3.63) is 59.4 Å². The van der Waals surface area contributed by atoms with Gasteiger partial charge in [0.05, 0.1) is 11.0 Å². The van der Waals surface area contributed by atoms with Gasteiger partial charge in [-0.1, -0.05) is 31.2 Å². The standard InChI is InChI=1S/C19H22N2O/c1-4-12-21-17-10-6-5-9-16(17)20-19(21)13-22-18-11-7-8-14(2)15(18)3/h5-11H,4,12-13H2,1-3H3. The molecule has 0 saturated carbocycles. The lowest BCUT2D eigenvalue weighted by Crippen LogP contribution is -2.07. The van der Waals surface area contributed by atoms with Gasteiger partial charge in [-0.3, -0.25) is 0 Å². The number of fused-ring (bicyclic) bond motifs is 1. The molecule has 3 nitrogen and oxygen atoms in total. The lowest BCUT2D eigenvalue weighted by molar-refractivity contribution is 0.288. The van der Waals surface area contributed by atoms with Crippen molar-refractivity contribution in [3.8, 4) is 5.75 Å². The van der Waals surface area contributed by atoms with E-state index in [-0.39, 0.29) is 0 Å². The van der Waals surface area contributed by atoms with Crippen molar-refractivity contribution >= 4 is 11.0 Å². The molecule has 3 aromatic rings. The number of ether oxygens (including phenoxy) is 1. The summed E-state index contributed by atoms with van der Waals surface area (Å²) in [5.74, 6) is 1.93. The molecule has 0 radical (unpaired) electrons. The van der Waals surface area contributed by atoms with Gasteiger partial charge in [0.1, 0.15) is 18.2 Å². The average molecular weight is 294 g/mol. The summed E-state index contributed by atoms with van der Waals surface area (Å²) in [7, 11) is 0. The summed E-state index contributed by atoms with van der Waals surface area (Å²) in [6.45, 7) is 7.85. The van der Waals surface area contributed by atoms with Crippen molar-refractivity contribution in [2.75, 3.05) is 0 Å². The summed E-state index contributed by atoms with van der Waals surface area (Å²) in [6.07, 6.45) is 1.08. The Balaban J connectivity index is 1.90. The van der Waals surface area contributed by atoms with Crippen molar-refractivity contribution in [3.63, 3.8) is 0 Å². The van der Waals surface area contributed by atoms with Crippen LogP contribution in [0.1, 0.15) is 30.3 Å². The van der Waals surface area contributed by atoms with E-state index in [2.05, 4.69) is 49.6 Å². The first-order valence-corrected chi connectivity index (χ1v) is 7.84. The van der Waals surface area contributed by atoms with E-state index in [1.165, 1.54) is 16.6 Å². The lowest BCUT2D eigenvalue weighted by atomic mass is 10.1. The fourth-order valence-electron chi connectivity index (χ4n) is 2.73. The third-order valence-corrected chi connectivity index (χ3v) is 4.09. The van der Waals surface area contributed by atoms with E-state index < -0.39 is 0 Å². The van der Waals surface area contributed by atoms with E-state index in [0.29, 0.717) is 6.61 Å². The zero-order valence-corrected chi connectivity index (χ0v) is 13.5. The molecule has 0 fully saturated rings. The van der Waals surface area contributed by atoms with E-state index in [9.17, 15) is 0 Å². The maximum atomic E-state index is 6.04. The van der Waals surface area contributed by atoms with Crippen molar-refractivity contribution in [2.24, 2.45) is 0 Å². The predicted molar refractivity (Wildman–Crippen MR) is 90.3 cm³/mol. The second-order valence-corrected chi connectivity index (χ2v) is 5.66. The maximum absolute atomic E-state index is 6.04. The van der Waals surface area contributed by atoms with Gasteiger partial charge in [0, 0.05) is 6.54 Å². The van der Waals surface area contributed by atoms with Gasteiger partial charge in [-0.15, -0.1) is 0 Å². The number of aromatic nitrogens is 2. The van der Waals surface area contributed by atoms with Crippen LogP contribution in [0.2, 0.25) is 0 Å². The second-order valence-electron chi connectivity index (χ2n) is 5.66. The van der Waals surface area contributed by atoms with Gasteiger partial charge < -0.3 is 9.30 Å². The zero-order valence-electron chi connectivity index (χ0n) is 13.5. The normalized spacial score (nSPS) is 11.0. The molecule has 1 aromatic heterocycles. The van der Waals surface area contributed by atoms with Gasteiger partial charge in [0.2, 0.25) is 0 Å². The van der Waals surface area contributed by atoms with E-state index >= 15 is 0 Å². The Kier molecular flexibility index (Phi) is 4.14. The van der Waals surface area contributed by atoms with Crippen molar-refractivity contribution in [2.45, 2.75) is 40.3 Å². The highest BCUT2D eigenvalue weighted by Crippen LogP contribution is 2.23. The fraction of sp³-hybridized carbons (Fsp3) is 0.316. The Morgan fingerprint density at radius 1 is 1.05 bits per heavy atom. The largest absolute Gasteiger partial charge is 0.485 e. The third-order valence-electron chi connectivity index (χ3n) is 4.09. The van der Waals surface area contributed by atoms with Gasteiger partial charge in [-0.2, -0.15) is 0 Å². The number of hydrogen-bond donors (Lipinski definition) is 0. The van der Waals surface area contributed by atoms with Crippen LogP contribution in [0, 0.1) is 13.8 Å². The third kappa shape index (κ3) is 2.71. The minimum Gasteiger partial charge on any atom is -0.485 e. The number of hydrogen-bond acceptors (Lipinski definition) is 2. The first-order valence-electron chi connectivity index (χ1n) is 7.84. The Hall–Kier alpha value is -2.29. The van der Waals surface area contributed by atoms with E-state index in [1.807, 2.05) is 18.2 Å². The van der Waals surface area contributed by atoms with Crippen LogP contribution in [0.4, 0.5) is 0 Å². The lowest BCUT2D eigenvalue weighted by Gasteiger charge is -2.12. The van der Waals surface area contributed by atoms with E-state index in [1.54, 1.807) is 0 Å². The quantitative estimate of drug-likeness (QED) is 0.685. The Labute approximate surface area is 131 Å². The molecule has 0 saturated heterocycles. The fourth-order valence-corrected chi connectivity index (χ4v) is 2.73. The molecule has 0 amide bonds. The second kappa shape index (κ2) is 6.22. The number of para-hydroxylation sites is 2. The summed E-state index contributed by atoms with van der Waals surface area (Å²) in [4.78, 5) is 4.74. The average Bonchev–Trinajstić information content (AvgIpc) is 2.87. The summed E-state index contributed by atoms with van der Waals surface area (Å²) >= 11 is 0. The highest BCUT2D eigenvalue weighted by Gasteiger charge is 2.11. The summed E-state index contributed by atoms with van der Waals surface area (Å²) in [6, 6.07) is 14.4. The molecular formula is C19H22N2O. The van der Waals surface area contributed by atoms with E-state index in [4.69, 9.17) is 9.72 Å². The number of benzene rings is 2. The topological polar surface area (TPSA) is 27.1 Å². The highest BCUT2D eigenvalue weighted by atomic mass is 16.5. The number of nitrogens with zero attached hydrogens (tertiary/aromatic N) is 2. The molecule has 3 heteroatoms. The van der Waals surface area contributed by atoms with Crippen molar-refractivity contribution < 1.29 is 4.74 Å². The van der Waals surface area contributed by atoms with Crippen molar-refractivity contribution in [1.29, 1.82) is 0 Å². The summed E-state index contributed by atoms with van der Waals surface area (Å²) in [5.41, 5.74) is 4.67. The monoisotopic (exact) mass is 294 g/mol. The molecule has 114 valence electrons. The Bertz CT molecular complexity index is 789. The van der Waals surface area contributed by atoms with Crippen LogP contribution < -0.4 is 4.74 Å². The molecule has 0 atom stereocenters. The summed E-state index contributed by atoms with van der Waals surface area (Å²) < 4.78 is 8.30. The molecule has 22 heavy (non-hydrogen) atoms. The SMILES string of the molecule is CCCn1c(COc2cccc(C)c2C)nc2ccccc21. The van der Waals surface area contributed by atoms with Crippen LogP contribution in [0.25, 0.3) is 11.0 Å². The van der Waals surface area contributed by atoms with Gasteiger partial charge in [-0.25, -0.2) is 4.98 Å². The van der Waals surface area contributed by atoms with Crippen LogP contribution >= 0.6 is 0 Å². The molecule has 2 aromatic carbocycles. The minimum absolute atomic E-state index is 0.499. The van der Waals surface area contributed by atoms with Crippen LogP contribution in [0.3, 0.4) is 0 Å². The molecular weight excluding hydrogens is 272 g/mol. The molecule has 0 aliphatic heterocycles. The van der Waals surface area contributed by atoms with Crippen LogP contribution in [-0.2, 0) is 13.2 Å². The van der Waals surface area contributed by atoms with Gasteiger partial charge in [0.25, 0.3) is 0 Å². The molecule has 0 N–H and O–H groups in total. The number of rotatable bonds is 5. The van der Waals surface area contributed by atoms with Gasteiger partial charge in [-0.05, 0) is 49.6 Å². The molecule has 0 unspecified atom stereocenters. The maximum Gasteiger partial charge on any atom is 0.147 e. The highest BCUT2D eigenvalue weighted by molar-refractivity contribution is 5.75. The van der Waals surface area contributed by atoms with Gasteiger partial charge in [0.15, 0.2) is 0 Å². The van der Waals surface area contributed by atoms with Gasteiger partial charge >= 0.3 is 0 Å². The first kappa shape index (κ1) is 14.6.